The predicted octanol–water partition coefficient (Wildman–Crippen LogP) is 8.08. The SMILES string of the molecule is C=C(C(=O)O)C(C=C(C)C(=O)O)(C1CCCC1)C1CCCC1.C=C(C)C(=O)OC.C=C(C)C(=O)OC1CC2CCC1(C)C2(C)C. The van der Waals surface area contributed by atoms with Crippen LogP contribution in [0.5, 0.6) is 0 Å². The Labute approximate surface area is 270 Å². The van der Waals surface area contributed by atoms with Crippen LogP contribution in [-0.4, -0.2) is 47.3 Å². The van der Waals surface area contributed by atoms with Crippen LogP contribution >= 0.6 is 0 Å². The molecule has 4 saturated carbocycles. The number of carboxylic acids is 2. The number of methoxy groups -OCH3 is 1. The fourth-order valence-electron chi connectivity index (χ4n) is 8.27. The molecule has 3 unspecified atom stereocenters. The summed E-state index contributed by atoms with van der Waals surface area (Å²) >= 11 is 0. The number of ether oxygens (including phenoxy) is 2. The number of carboxylic acid groups (broad SMARTS) is 2. The largest absolute Gasteiger partial charge is 0.478 e. The molecule has 0 aromatic heterocycles. The van der Waals surface area contributed by atoms with E-state index >= 15 is 0 Å². The number of hydrogen-bond acceptors (Lipinski definition) is 6. The number of aliphatic carboxylic acids is 2. The molecule has 3 atom stereocenters. The fourth-order valence-corrected chi connectivity index (χ4v) is 8.27. The Morgan fingerprint density at radius 3 is 1.53 bits per heavy atom. The Balaban J connectivity index is 0.000000267. The summed E-state index contributed by atoms with van der Waals surface area (Å²) in [4.78, 5) is 44.9. The van der Waals surface area contributed by atoms with Gasteiger partial charge in [-0.3, -0.25) is 0 Å². The van der Waals surface area contributed by atoms with Crippen molar-refractivity contribution < 1.29 is 38.9 Å². The molecule has 2 bridgehead atoms. The summed E-state index contributed by atoms with van der Waals surface area (Å²) in [5.74, 6) is -1.43. The van der Waals surface area contributed by atoms with Gasteiger partial charge in [0.2, 0.25) is 0 Å². The van der Waals surface area contributed by atoms with Crippen molar-refractivity contribution in [2.24, 2.45) is 34.0 Å². The van der Waals surface area contributed by atoms with Crippen LogP contribution in [0.3, 0.4) is 0 Å². The van der Waals surface area contributed by atoms with Gasteiger partial charge in [-0.05, 0) is 88.9 Å². The van der Waals surface area contributed by atoms with Crippen LogP contribution in [0, 0.1) is 34.0 Å². The van der Waals surface area contributed by atoms with Crippen molar-refractivity contribution in [1.82, 2.24) is 0 Å². The molecule has 0 aliphatic heterocycles. The van der Waals surface area contributed by atoms with Gasteiger partial charge in [-0.2, -0.15) is 0 Å². The lowest BCUT2D eigenvalue weighted by Crippen LogP contribution is -2.39. The third-order valence-corrected chi connectivity index (χ3v) is 11.5. The summed E-state index contributed by atoms with van der Waals surface area (Å²) in [6.07, 6.45) is 13.5. The molecule has 0 aromatic rings. The van der Waals surface area contributed by atoms with E-state index < -0.39 is 17.4 Å². The van der Waals surface area contributed by atoms with Crippen LogP contribution in [0.25, 0.3) is 0 Å². The molecule has 0 spiro atoms. The minimum Gasteiger partial charge on any atom is -0.478 e. The van der Waals surface area contributed by atoms with Gasteiger partial charge < -0.3 is 19.7 Å². The number of esters is 2. The minimum absolute atomic E-state index is 0.0884. The number of fused-ring (bicyclic) bond motifs is 2. The highest BCUT2D eigenvalue weighted by Gasteiger charge is 2.62. The summed E-state index contributed by atoms with van der Waals surface area (Å²) in [5.41, 5.74) is 1.12. The molecule has 4 rings (SSSR count). The van der Waals surface area contributed by atoms with Crippen molar-refractivity contribution in [3.8, 4) is 0 Å². The van der Waals surface area contributed by atoms with E-state index in [0.29, 0.717) is 22.5 Å². The summed E-state index contributed by atoms with van der Waals surface area (Å²) in [6.45, 7) is 22.7. The van der Waals surface area contributed by atoms with Gasteiger partial charge >= 0.3 is 23.9 Å². The summed E-state index contributed by atoms with van der Waals surface area (Å²) in [5, 5.41) is 18.9. The van der Waals surface area contributed by atoms with Crippen molar-refractivity contribution in [2.75, 3.05) is 7.11 Å². The molecule has 252 valence electrons. The second-order valence-electron chi connectivity index (χ2n) is 14.4. The normalized spacial score (nSPS) is 25.7. The standard InChI is InChI=1S/C18H26O4.C14H22O2.C5H8O2/c1-12(16(19)20)11-18(13(2)17(21)22,14-7-3-4-8-14)15-9-5-6-10-15;1-9(2)12(15)16-11-8-10-6-7-14(11,5)13(10,3)4;1-4(2)5(6)7-3/h11,14-15H,2-10H2,1H3,(H,19,20)(H,21,22);10-11H,1,6-8H2,2-5H3;1H2,2-3H3. The molecule has 4 aliphatic rings. The molecular formula is C37H56O8. The smallest absolute Gasteiger partial charge is 0.333 e. The Hall–Kier alpha value is -3.16. The average molecular weight is 629 g/mol. The first-order valence-electron chi connectivity index (χ1n) is 16.3. The zero-order valence-corrected chi connectivity index (χ0v) is 28.6. The summed E-state index contributed by atoms with van der Waals surface area (Å²) in [6, 6.07) is 0. The van der Waals surface area contributed by atoms with Crippen LogP contribution in [0.4, 0.5) is 0 Å². The van der Waals surface area contributed by atoms with Gasteiger partial charge in [-0.1, -0.05) is 72.3 Å². The highest BCUT2D eigenvalue weighted by Crippen LogP contribution is 2.66. The first-order valence-corrected chi connectivity index (χ1v) is 16.3. The zero-order chi connectivity index (χ0) is 34.3. The fraction of sp³-hybridized carbons (Fsp3) is 0.676. The van der Waals surface area contributed by atoms with Crippen molar-refractivity contribution in [3.63, 3.8) is 0 Å². The van der Waals surface area contributed by atoms with Gasteiger partial charge in [0.25, 0.3) is 0 Å². The molecule has 4 fully saturated rings. The quantitative estimate of drug-likeness (QED) is 0.194. The van der Waals surface area contributed by atoms with Crippen molar-refractivity contribution in [1.29, 1.82) is 0 Å². The van der Waals surface area contributed by atoms with E-state index in [1.165, 1.54) is 20.0 Å². The lowest BCUT2D eigenvalue weighted by molar-refractivity contribution is -0.152. The maximum atomic E-state index is 11.7. The average Bonchev–Trinajstić information content (AvgIpc) is 3.77. The van der Waals surface area contributed by atoms with Gasteiger partial charge in [0.1, 0.15) is 6.10 Å². The van der Waals surface area contributed by atoms with E-state index in [2.05, 4.69) is 45.2 Å². The van der Waals surface area contributed by atoms with E-state index in [9.17, 15) is 29.4 Å². The van der Waals surface area contributed by atoms with Crippen LogP contribution in [0.2, 0.25) is 0 Å². The highest BCUT2D eigenvalue weighted by molar-refractivity contribution is 5.90. The van der Waals surface area contributed by atoms with E-state index in [0.717, 1.165) is 57.8 Å². The molecule has 0 aromatic carbocycles. The molecule has 4 aliphatic carbocycles. The number of rotatable bonds is 9. The van der Waals surface area contributed by atoms with E-state index in [1.807, 2.05) is 0 Å². The van der Waals surface area contributed by atoms with Gasteiger partial charge in [0.15, 0.2) is 0 Å². The molecule has 0 saturated heterocycles. The van der Waals surface area contributed by atoms with E-state index in [4.69, 9.17) is 4.74 Å². The molecule has 8 heteroatoms. The van der Waals surface area contributed by atoms with Gasteiger partial charge in [0, 0.05) is 33.1 Å². The molecule has 0 heterocycles. The molecular weight excluding hydrogens is 572 g/mol. The van der Waals surface area contributed by atoms with Crippen LogP contribution in [0.1, 0.15) is 112 Å². The maximum absolute atomic E-state index is 11.7. The molecule has 0 amide bonds. The maximum Gasteiger partial charge on any atom is 0.333 e. The van der Waals surface area contributed by atoms with Crippen LogP contribution in [-0.2, 0) is 28.7 Å². The number of allylic oxidation sites excluding steroid dienone is 1. The topological polar surface area (TPSA) is 127 Å². The minimum atomic E-state index is -0.992. The molecule has 0 radical (unpaired) electrons. The van der Waals surface area contributed by atoms with Gasteiger partial charge in [-0.25, -0.2) is 19.2 Å². The molecule has 8 nitrogen and oxygen atoms in total. The summed E-state index contributed by atoms with van der Waals surface area (Å²) in [7, 11) is 1.33. The summed E-state index contributed by atoms with van der Waals surface area (Å²) < 4.78 is 9.88. The number of hydrogen-bond donors (Lipinski definition) is 2. The molecule has 2 N–H and O–H groups in total. The number of carbonyl (C=O) groups is 4. The lowest BCUT2D eigenvalue weighted by Gasteiger charge is -2.42. The number of carbonyl (C=O) groups excluding carboxylic acids is 2. The third-order valence-electron chi connectivity index (χ3n) is 11.5. The van der Waals surface area contributed by atoms with E-state index in [1.54, 1.807) is 26.8 Å². The highest BCUT2D eigenvalue weighted by atomic mass is 16.5. The Kier molecular flexibility index (Phi) is 13.0. The van der Waals surface area contributed by atoms with Gasteiger partial charge in [0.05, 0.1) is 7.11 Å². The van der Waals surface area contributed by atoms with Gasteiger partial charge in [-0.15, -0.1) is 0 Å². The van der Waals surface area contributed by atoms with Crippen molar-refractivity contribution in [2.45, 2.75) is 118 Å². The second-order valence-corrected chi connectivity index (χ2v) is 14.4. The predicted molar refractivity (Wildman–Crippen MR) is 175 cm³/mol. The third kappa shape index (κ3) is 8.17. The van der Waals surface area contributed by atoms with Crippen molar-refractivity contribution >= 4 is 23.9 Å². The Bertz CT molecular complexity index is 1180. The van der Waals surface area contributed by atoms with Crippen LogP contribution in [0.15, 0.2) is 48.1 Å². The Morgan fingerprint density at radius 1 is 0.778 bits per heavy atom. The second kappa shape index (κ2) is 15.4. The first kappa shape index (κ1) is 38.0. The van der Waals surface area contributed by atoms with Crippen molar-refractivity contribution in [3.05, 3.63) is 48.1 Å². The zero-order valence-electron chi connectivity index (χ0n) is 28.6. The lowest BCUT2D eigenvalue weighted by atomic mass is 9.60. The molecule has 45 heavy (non-hydrogen) atoms. The van der Waals surface area contributed by atoms with E-state index in [-0.39, 0.29) is 46.4 Å². The first-order chi connectivity index (χ1) is 20.9. The van der Waals surface area contributed by atoms with Crippen LogP contribution < -0.4 is 0 Å². The Morgan fingerprint density at radius 2 is 1.24 bits per heavy atom. The monoisotopic (exact) mass is 628 g/mol.